The molecular weight excluding hydrogens is 226 g/mol. The third-order valence-corrected chi connectivity index (χ3v) is 2.78. The van der Waals surface area contributed by atoms with Gasteiger partial charge in [0.1, 0.15) is 17.5 Å². The van der Waals surface area contributed by atoms with Gasteiger partial charge in [-0.2, -0.15) is 0 Å². The molecule has 0 saturated carbocycles. The number of nitrogens with one attached hydrogen (secondary N) is 3. The molecule has 18 heavy (non-hydrogen) atoms. The largest absolute Gasteiger partial charge is 0.370 e. The molecule has 0 radical (unpaired) electrons. The Hall–Kier alpha value is -1.36. The highest BCUT2D eigenvalue weighted by Gasteiger charge is 2.14. The molecule has 0 aliphatic rings. The molecule has 0 aliphatic heterocycles. The van der Waals surface area contributed by atoms with Crippen molar-refractivity contribution in [1.29, 1.82) is 0 Å². The van der Waals surface area contributed by atoms with E-state index >= 15 is 0 Å². The molecule has 102 valence electrons. The Balaban J connectivity index is 2.68. The van der Waals surface area contributed by atoms with Gasteiger partial charge in [0.2, 0.25) is 0 Å². The quantitative estimate of drug-likeness (QED) is 0.692. The maximum atomic E-state index is 4.39. The Kier molecular flexibility index (Phi) is 5.34. The molecule has 0 amide bonds. The number of anilines is 2. The summed E-state index contributed by atoms with van der Waals surface area (Å²) in [4.78, 5) is 8.75. The topological polar surface area (TPSA) is 61.9 Å². The summed E-state index contributed by atoms with van der Waals surface area (Å²) in [6, 6.07) is 1.95. The van der Waals surface area contributed by atoms with Gasteiger partial charge < -0.3 is 16.0 Å². The molecule has 0 saturated heterocycles. The van der Waals surface area contributed by atoms with Crippen LogP contribution in [0.3, 0.4) is 0 Å². The van der Waals surface area contributed by atoms with E-state index in [1.54, 1.807) is 0 Å². The molecule has 0 aliphatic carbocycles. The molecule has 1 rings (SSSR count). The lowest BCUT2D eigenvalue weighted by atomic mass is 10.1. The second-order valence-electron chi connectivity index (χ2n) is 5.10. The second kappa shape index (κ2) is 6.54. The summed E-state index contributed by atoms with van der Waals surface area (Å²) >= 11 is 0. The van der Waals surface area contributed by atoms with E-state index in [9.17, 15) is 0 Å². The minimum Gasteiger partial charge on any atom is -0.370 e. The van der Waals surface area contributed by atoms with Crippen molar-refractivity contribution in [1.82, 2.24) is 15.3 Å². The van der Waals surface area contributed by atoms with Crippen molar-refractivity contribution < 1.29 is 0 Å². The molecule has 0 unspecified atom stereocenters. The maximum absolute atomic E-state index is 4.39. The average Bonchev–Trinajstić information content (AvgIpc) is 2.33. The predicted octanol–water partition coefficient (Wildman–Crippen LogP) is 2.02. The molecule has 1 aromatic heterocycles. The molecule has 5 nitrogen and oxygen atoms in total. The second-order valence-corrected chi connectivity index (χ2v) is 5.10. The Morgan fingerprint density at radius 2 is 1.78 bits per heavy atom. The van der Waals surface area contributed by atoms with E-state index in [1.165, 1.54) is 0 Å². The monoisotopic (exact) mass is 251 g/mol. The van der Waals surface area contributed by atoms with Gasteiger partial charge in [-0.05, 0) is 34.2 Å². The standard InChI is InChI=1S/C13H25N5/c1-6-7-15-11-8-12(18-10(2)17-11)16-9-13(3,4)14-5/h8,14H,6-7,9H2,1-5H3,(H2,15,16,17,18). The van der Waals surface area contributed by atoms with E-state index in [4.69, 9.17) is 0 Å². The summed E-state index contributed by atoms with van der Waals surface area (Å²) in [6.45, 7) is 10.1. The highest BCUT2D eigenvalue weighted by atomic mass is 15.1. The number of hydrogen-bond donors (Lipinski definition) is 3. The lowest BCUT2D eigenvalue weighted by Gasteiger charge is -2.24. The summed E-state index contributed by atoms with van der Waals surface area (Å²) < 4.78 is 0. The van der Waals surface area contributed by atoms with Gasteiger partial charge in [0.05, 0.1) is 0 Å². The zero-order valence-corrected chi connectivity index (χ0v) is 12.1. The minimum atomic E-state index is 0.0376. The number of aromatic nitrogens is 2. The van der Waals surface area contributed by atoms with Crippen LogP contribution in [0.4, 0.5) is 11.6 Å². The van der Waals surface area contributed by atoms with Gasteiger partial charge in [-0.15, -0.1) is 0 Å². The summed E-state index contributed by atoms with van der Waals surface area (Å²) in [5.41, 5.74) is 0.0376. The minimum absolute atomic E-state index is 0.0376. The number of likely N-dealkylation sites (N-methyl/N-ethyl adjacent to an activating group) is 1. The Bertz CT molecular complexity index is 376. The van der Waals surface area contributed by atoms with E-state index in [0.717, 1.165) is 37.0 Å². The normalized spacial score (nSPS) is 11.4. The van der Waals surface area contributed by atoms with Crippen molar-refractivity contribution in [3.05, 3.63) is 11.9 Å². The fourth-order valence-corrected chi connectivity index (χ4v) is 1.40. The first-order valence-corrected chi connectivity index (χ1v) is 6.49. The number of rotatable bonds is 7. The predicted molar refractivity (Wildman–Crippen MR) is 77.2 cm³/mol. The van der Waals surface area contributed by atoms with Crippen LogP contribution >= 0.6 is 0 Å². The van der Waals surface area contributed by atoms with Gasteiger partial charge in [-0.1, -0.05) is 6.92 Å². The van der Waals surface area contributed by atoms with Crippen LogP contribution in [-0.4, -0.2) is 35.6 Å². The fraction of sp³-hybridized carbons (Fsp3) is 0.692. The fourth-order valence-electron chi connectivity index (χ4n) is 1.40. The van der Waals surface area contributed by atoms with Gasteiger partial charge >= 0.3 is 0 Å². The molecule has 0 aromatic carbocycles. The molecule has 3 N–H and O–H groups in total. The summed E-state index contributed by atoms with van der Waals surface area (Å²) in [5, 5.41) is 9.87. The molecule has 1 heterocycles. The third kappa shape index (κ3) is 4.87. The lowest BCUT2D eigenvalue weighted by Crippen LogP contribution is -2.42. The molecule has 0 fully saturated rings. The number of nitrogens with zero attached hydrogens (tertiary/aromatic N) is 2. The van der Waals surface area contributed by atoms with Gasteiger partial charge in [0.25, 0.3) is 0 Å². The van der Waals surface area contributed by atoms with E-state index in [1.807, 2.05) is 20.0 Å². The first-order chi connectivity index (χ1) is 8.46. The smallest absolute Gasteiger partial charge is 0.131 e. The van der Waals surface area contributed by atoms with Crippen molar-refractivity contribution >= 4 is 11.6 Å². The Labute approximate surface area is 110 Å². The molecule has 5 heteroatoms. The zero-order valence-electron chi connectivity index (χ0n) is 12.1. The van der Waals surface area contributed by atoms with Crippen LogP contribution in [0.1, 0.15) is 33.0 Å². The van der Waals surface area contributed by atoms with Crippen LogP contribution < -0.4 is 16.0 Å². The summed E-state index contributed by atoms with van der Waals surface area (Å²) in [6.07, 6.45) is 1.08. The van der Waals surface area contributed by atoms with Gasteiger partial charge in [-0.25, -0.2) is 9.97 Å². The lowest BCUT2D eigenvalue weighted by molar-refractivity contribution is 0.447. The highest BCUT2D eigenvalue weighted by molar-refractivity contribution is 5.47. The van der Waals surface area contributed by atoms with Crippen LogP contribution in [0, 0.1) is 6.92 Å². The van der Waals surface area contributed by atoms with Gasteiger partial charge in [0, 0.05) is 24.7 Å². The van der Waals surface area contributed by atoms with E-state index < -0.39 is 0 Å². The van der Waals surface area contributed by atoms with Crippen LogP contribution in [0.15, 0.2) is 6.07 Å². The average molecular weight is 251 g/mol. The zero-order chi connectivity index (χ0) is 13.6. The Morgan fingerprint density at radius 1 is 1.17 bits per heavy atom. The van der Waals surface area contributed by atoms with Crippen LogP contribution in [-0.2, 0) is 0 Å². The first kappa shape index (κ1) is 14.7. The van der Waals surface area contributed by atoms with Crippen molar-refractivity contribution in [2.75, 3.05) is 30.8 Å². The highest BCUT2D eigenvalue weighted by Crippen LogP contribution is 2.12. The van der Waals surface area contributed by atoms with Crippen molar-refractivity contribution in [2.24, 2.45) is 0 Å². The van der Waals surface area contributed by atoms with Crippen molar-refractivity contribution in [2.45, 2.75) is 39.7 Å². The van der Waals surface area contributed by atoms with Crippen molar-refractivity contribution in [3.8, 4) is 0 Å². The molecule has 0 bridgehead atoms. The number of hydrogen-bond acceptors (Lipinski definition) is 5. The van der Waals surface area contributed by atoms with E-state index in [0.29, 0.717) is 0 Å². The molecule has 1 aromatic rings. The van der Waals surface area contributed by atoms with E-state index in [2.05, 4.69) is 46.7 Å². The molecular formula is C13H25N5. The van der Waals surface area contributed by atoms with Gasteiger partial charge in [0.15, 0.2) is 0 Å². The van der Waals surface area contributed by atoms with Crippen LogP contribution in [0.2, 0.25) is 0 Å². The molecule has 0 spiro atoms. The summed E-state index contributed by atoms with van der Waals surface area (Å²) in [7, 11) is 1.96. The maximum Gasteiger partial charge on any atom is 0.131 e. The summed E-state index contributed by atoms with van der Waals surface area (Å²) in [5.74, 6) is 2.53. The van der Waals surface area contributed by atoms with Crippen molar-refractivity contribution in [3.63, 3.8) is 0 Å². The SMILES string of the molecule is CCCNc1cc(NCC(C)(C)NC)nc(C)n1. The van der Waals surface area contributed by atoms with Crippen LogP contribution in [0.5, 0.6) is 0 Å². The Morgan fingerprint density at radius 3 is 2.33 bits per heavy atom. The van der Waals surface area contributed by atoms with Crippen LogP contribution in [0.25, 0.3) is 0 Å². The first-order valence-electron chi connectivity index (χ1n) is 6.49. The number of aryl methyl sites for hydroxylation is 1. The molecule has 0 atom stereocenters. The third-order valence-electron chi connectivity index (χ3n) is 2.78. The van der Waals surface area contributed by atoms with Gasteiger partial charge in [-0.3, -0.25) is 0 Å². The van der Waals surface area contributed by atoms with E-state index in [-0.39, 0.29) is 5.54 Å².